The summed E-state index contributed by atoms with van der Waals surface area (Å²) < 4.78 is 33.9. The number of ether oxygens (including phenoxy) is 5. The highest BCUT2D eigenvalue weighted by Gasteiger charge is 2.32. The summed E-state index contributed by atoms with van der Waals surface area (Å²) in [5, 5.41) is 0.597. The fraction of sp³-hybridized carbons (Fsp3) is 0.448. The van der Waals surface area contributed by atoms with Gasteiger partial charge in [-0.05, 0) is 42.5 Å². The zero-order valence-corrected chi connectivity index (χ0v) is 22.8. The summed E-state index contributed by atoms with van der Waals surface area (Å²) in [4.78, 5) is 28.1. The van der Waals surface area contributed by atoms with Crippen LogP contribution in [0.4, 0.5) is 0 Å². The van der Waals surface area contributed by atoms with Crippen molar-refractivity contribution in [2.75, 3.05) is 48.6 Å². The summed E-state index contributed by atoms with van der Waals surface area (Å²) >= 11 is 0. The lowest BCUT2D eigenvalue weighted by Crippen LogP contribution is -2.39. The van der Waals surface area contributed by atoms with E-state index in [1.807, 2.05) is 17.0 Å². The summed E-state index contributed by atoms with van der Waals surface area (Å²) in [6.07, 6.45) is 2.18. The van der Waals surface area contributed by atoms with E-state index in [0.29, 0.717) is 69.9 Å². The second kappa shape index (κ2) is 11.7. The molecule has 0 saturated carbocycles. The third-order valence-corrected chi connectivity index (χ3v) is 7.14. The van der Waals surface area contributed by atoms with Crippen LogP contribution >= 0.6 is 0 Å². The second-order valence-electron chi connectivity index (χ2n) is 9.49. The number of hydrogen-bond donors (Lipinski definition) is 0. The van der Waals surface area contributed by atoms with Crippen molar-refractivity contribution >= 4 is 16.9 Å². The highest BCUT2D eigenvalue weighted by atomic mass is 16.5. The Morgan fingerprint density at radius 2 is 1.61 bits per heavy atom. The quantitative estimate of drug-likeness (QED) is 0.374. The van der Waals surface area contributed by atoms with Crippen LogP contribution in [0.5, 0.6) is 28.7 Å². The van der Waals surface area contributed by atoms with Gasteiger partial charge in [0, 0.05) is 43.1 Å². The number of carbonyl (C=O) groups excluding carboxylic acids is 1. The summed E-state index contributed by atoms with van der Waals surface area (Å²) in [6, 6.07) is 8.37. The van der Waals surface area contributed by atoms with Gasteiger partial charge >= 0.3 is 5.63 Å². The van der Waals surface area contributed by atoms with E-state index >= 15 is 0 Å². The monoisotopic (exact) mass is 525 g/mol. The third kappa shape index (κ3) is 5.23. The fourth-order valence-corrected chi connectivity index (χ4v) is 5.27. The molecule has 1 amide bonds. The van der Waals surface area contributed by atoms with Crippen LogP contribution in [0.15, 0.2) is 39.5 Å². The third-order valence-electron chi connectivity index (χ3n) is 7.14. The van der Waals surface area contributed by atoms with Crippen molar-refractivity contribution in [3.63, 3.8) is 0 Å². The molecule has 0 bridgehead atoms. The minimum atomic E-state index is -0.567. The molecule has 1 aliphatic heterocycles. The molecule has 204 valence electrons. The van der Waals surface area contributed by atoms with Crippen molar-refractivity contribution in [2.24, 2.45) is 5.92 Å². The number of nitrogens with zero attached hydrogens (tertiary/aromatic N) is 1. The van der Waals surface area contributed by atoms with Gasteiger partial charge < -0.3 is 33.0 Å². The summed E-state index contributed by atoms with van der Waals surface area (Å²) in [5.41, 5.74) is 1.06. The lowest BCUT2D eigenvalue weighted by molar-refractivity contribution is -0.133. The number of benzene rings is 2. The first-order chi connectivity index (χ1) is 18.3. The maximum atomic E-state index is 13.7. The van der Waals surface area contributed by atoms with Gasteiger partial charge in [-0.25, -0.2) is 4.79 Å². The van der Waals surface area contributed by atoms with Gasteiger partial charge in [0.15, 0.2) is 11.5 Å². The lowest BCUT2D eigenvalue weighted by atomic mass is 9.85. The molecule has 0 radical (unpaired) electrons. The Morgan fingerprint density at radius 1 is 0.947 bits per heavy atom. The van der Waals surface area contributed by atoms with Crippen LogP contribution in [-0.2, 0) is 4.79 Å². The van der Waals surface area contributed by atoms with Crippen molar-refractivity contribution in [1.82, 2.24) is 4.90 Å². The first kappa shape index (κ1) is 27.2. The number of fused-ring (bicyclic) bond motifs is 1. The van der Waals surface area contributed by atoms with Gasteiger partial charge in [-0.15, -0.1) is 0 Å². The Bertz CT molecular complexity index is 1340. The molecule has 1 aliphatic rings. The van der Waals surface area contributed by atoms with E-state index in [1.54, 1.807) is 26.4 Å². The molecule has 9 heteroatoms. The molecule has 0 aliphatic carbocycles. The van der Waals surface area contributed by atoms with Crippen LogP contribution in [0.25, 0.3) is 11.0 Å². The molecule has 38 heavy (non-hydrogen) atoms. The molecule has 0 spiro atoms. The molecule has 2 aromatic carbocycles. The van der Waals surface area contributed by atoms with Gasteiger partial charge in [-0.2, -0.15) is 0 Å². The zero-order chi connectivity index (χ0) is 27.4. The fourth-order valence-electron chi connectivity index (χ4n) is 5.27. The molecule has 4 rings (SSSR count). The van der Waals surface area contributed by atoms with E-state index in [1.165, 1.54) is 27.4 Å². The van der Waals surface area contributed by atoms with Crippen molar-refractivity contribution < 1.29 is 32.9 Å². The minimum Gasteiger partial charge on any atom is -0.496 e. The van der Waals surface area contributed by atoms with E-state index in [0.717, 1.165) is 12.8 Å². The molecule has 1 saturated heterocycles. The van der Waals surface area contributed by atoms with Crippen molar-refractivity contribution in [2.45, 2.75) is 32.1 Å². The van der Waals surface area contributed by atoms with Gasteiger partial charge in [-0.3, -0.25) is 4.79 Å². The molecule has 0 unspecified atom stereocenters. The van der Waals surface area contributed by atoms with Gasteiger partial charge in [0.05, 0.1) is 40.9 Å². The zero-order valence-electron chi connectivity index (χ0n) is 22.8. The van der Waals surface area contributed by atoms with Gasteiger partial charge in [-0.1, -0.05) is 6.92 Å². The predicted octanol–water partition coefficient (Wildman–Crippen LogP) is 4.62. The average Bonchev–Trinajstić information content (AvgIpc) is 2.94. The summed E-state index contributed by atoms with van der Waals surface area (Å²) in [7, 11) is 7.69. The number of piperidine rings is 1. The minimum absolute atomic E-state index is 0.000370. The second-order valence-corrected chi connectivity index (χ2v) is 9.49. The van der Waals surface area contributed by atoms with Crippen LogP contribution in [0.2, 0.25) is 0 Å². The predicted molar refractivity (Wildman–Crippen MR) is 143 cm³/mol. The Labute approximate surface area is 222 Å². The van der Waals surface area contributed by atoms with E-state index in [4.69, 9.17) is 28.1 Å². The van der Waals surface area contributed by atoms with Crippen LogP contribution in [0.1, 0.15) is 43.2 Å². The average molecular weight is 526 g/mol. The summed E-state index contributed by atoms with van der Waals surface area (Å²) in [6.45, 7) is 3.57. The number of carbonyl (C=O) groups is 1. The maximum Gasteiger partial charge on any atom is 0.336 e. The van der Waals surface area contributed by atoms with Crippen molar-refractivity contribution in [3.8, 4) is 28.7 Å². The molecule has 1 fully saturated rings. The van der Waals surface area contributed by atoms with E-state index in [9.17, 15) is 9.59 Å². The number of likely N-dealkylation sites (tertiary alicyclic amines) is 1. The number of methoxy groups -OCH3 is 5. The molecular formula is C29H35NO8. The molecule has 3 aromatic rings. The number of hydrogen-bond acceptors (Lipinski definition) is 8. The van der Waals surface area contributed by atoms with Gasteiger partial charge in [0.1, 0.15) is 17.1 Å². The first-order valence-electron chi connectivity index (χ1n) is 12.6. The molecule has 9 nitrogen and oxygen atoms in total. The standard InChI is InChI=1S/C29H35NO8/c1-17-8-7-11-30(16-17)25(31)14-20(18-12-23(35-4)29(37-6)24(13-18)36-5)27-22(34-3)15-21(33-2)19-9-10-26(32)38-28(19)27/h9-10,12-13,15,17,20H,7-8,11,14,16H2,1-6H3/t17-,20+/m0/s1. The van der Waals surface area contributed by atoms with Crippen molar-refractivity contribution in [3.05, 3.63) is 51.9 Å². The van der Waals surface area contributed by atoms with Crippen LogP contribution in [0.3, 0.4) is 0 Å². The maximum absolute atomic E-state index is 13.7. The molecule has 2 atom stereocenters. The van der Waals surface area contributed by atoms with Crippen molar-refractivity contribution in [1.29, 1.82) is 0 Å². The Morgan fingerprint density at radius 3 is 2.18 bits per heavy atom. The highest BCUT2D eigenvalue weighted by molar-refractivity contribution is 5.90. The Kier molecular flexibility index (Phi) is 8.34. The Hall–Kier alpha value is -3.88. The SMILES string of the molecule is COc1cc([C@@H](CC(=O)N2CCC[C@H](C)C2)c2c(OC)cc(OC)c3ccc(=O)oc23)cc(OC)c1OC. The normalized spacial score (nSPS) is 16.2. The topological polar surface area (TPSA) is 96.7 Å². The Balaban J connectivity index is 1.98. The van der Waals surface area contributed by atoms with E-state index in [2.05, 4.69) is 6.92 Å². The largest absolute Gasteiger partial charge is 0.496 e. The van der Waals surface area contributed by atoms with E-state index in [-0.39, 0.29) is 12.3 Å². The number of rotatable bonds is 9. The van der Waals surface area contributed by atoms with Crippen LogP contribution in [-0.4, -0.2) is 59.4 Å². The first-order valence-corrected chi connectivity index (χ1v) is 12.6. The lowest BCUT2D eigenvalue weighted by Gasteiger charge is -2.32. The highest BCUT2D eigenvalue weighted by Crippen LogP contribution is 2.47. The summed E-state index contributed by atoms with van der Waals surface area (Å²) in [5.74, 6) is 2.12. The molecular weight excluding hydrogens is 490 g/mol. The van der Waals surface area contributed by atoms with E-state index < -0.39 is 11.5 Å². The van der Waals surface area contributed by atoms with Gasteiger partial charge in [0.2, 0.25) is 11.7 Å². The number of amides is 1. The van der Waals surface area contributed by atoms with Gasteiger partial charge in [0.25, 0.3) is 0 Å². The smallest absolute Gasteiger partial charge is 0.336 e. The molecule has 1 aromatic heterocycles. The van der Waals surface area contributed by atoms with Crippen LogP contribution < -0.4 is 29.3 Å². The van der Waals surface area contributed by atoms with Crippen LogP contribution in [0, 0.1) is 5.92 Å². The molecule has 2 heterocycles. The molecule has 0 N–H and O–H groups in total.